The number of carbonyl (C=O) groups excluding carboxylic acids is 2. The zero-order valence-electron chi connectivity index (χ0n) is 19.6. The number of ether oxygens (including phenoxy) is 2. The Bertz CT molecular complexity index is 1060. The van der Waals surface area contributed by atoms with Crippen LogP contribution in [0.1, 0.15) is 49.1 Å². The Hall–Kier alpha value is -3.12. The van der Waals surface area contributed by atoms with E-state index in [-0.39, 0.29) is 29.9 Å². The van der Waals surface area contributed by atoms with E-state index in [1.165, 1.54) is 4.90 Å². The first-order chi connectivity index (χ1) is 15.1. The van der Waals surface area contributed by atoms with Crippen molar-refractivity contribution < 1.29 is 24.2 Å². The molecule has 1 fully saturated rings. The molecule has 1 N–H and O–H groups in total. The highest BCUT2D eigenvalue weighted by Crippen LogP contribution is 2.41. The van der Waals surface area contributed by atoms with Crippen molar-refractivity contribution in [3.05, 3.63) is 70.3 Å². The van der Waals surface area contributed by atoms with Crippen LogP contribution in [-0.2, 0) is 19.7 Å². The third-order valence-electron chi connectivity index (χ3n) is 5.72. The van der Waals surface area contributed by atoms with Gasteiger partial charge in [0.2, 0.25) is 0 Å². The highest BCUT2D eigenvalue weighted by Gasteiger charge is 2.46. The Kier molecular flexibility index (Phi) is 6.74. The topological polar surface area (TPSA) is 76.1 Å². The van der Waals surface area contributed by atoms with Crippen molar-refractivity contribution in [2.24, 2.45) is 0 Å². The van der Waals surface area contributed by atoms with Gasteiger partial charge in [0, 0.05) is 24.8 Å². The molecule has 2 aromatic carbocycles. The first-order valence-electron chi connectivity index (χ1n) is 10.6. The van der Waals surface area contributed by atoms with Gasteiger partial charge in [-0.1, -0.05) is 50.6 Å². The van der Waals surface area contributed by atoms with Crippen LogP contribution in [0, 0.1) is 6.92 Å². The largest absolute Gasteiger partial charge is 0.507 e. The Morgan fingerprint density at radius 3 is 2.41 bits per heavy atom. The van der Waals surface area contributed by atoms with Crippen LogP contribution in [0.4, 0.5) is 0 Å². The monoisotopic (exact) mass is 437 g/mol. The average Bonchev–Trinajstić information content (AvgIpc) is 3.00. The fraction of sp³-hybridized carbons (Fsp3) is 0.385. The molecule has 32 heavy (non-hydrogen) atoms. The lowest BCUT2D eigenvalue weighted by atomic mass is 9.84. The molecular formula is C26H31NO5. The molecule has 1 amide bonds. The second-order valence-electron chi connectivity index (χ2n) is 9.06. The van der Waals surface area contributed by atoms with Crippen LogP contribution in [0.25, 0.3) is 5.76 Å². The number of amides is 1. The maximum atomic E-state index is 13.1. The molecule has 6 nitrogen and oxygen atoms in total. The number of hydrogen-bond acceptors (Lipinski definition) is 5. The SMILES string of the molecule is COCCN1C(=O)C(=O)/C(=C(\O)c2ccc(OC)c(C(C)(C)C)c2)C1c1cccc(C)c1. The first-order valence-corrected chi connectivity index (χ1v) is 10.6. The number of aliphatic hydroxyl groups excluding tert-OH is 1. The highest BCUT2D eigenvalue weighted by atomic mass is 16.5. The summed E-state index contributed by atoms with van der Waals surface area (Å²) >= 11 is 0. The van der Waals surface area contributed by atoms with Crippen molar-refractivity contribution >= 4 is 17.4 Å². The number of aliphatic hydroxyl groups is 1. The smallest absolute Gasteiger partial charge is 0.295 e. The van der Waals surface area contributed by atoms with E-state index in [0.717, 1.165) is 16.7 Å². The Labute approximate surface area is 189 Å². The molecule has 2 aromatic rings. The van der Waals surface area contributed by atoms with E-state index in [1.807, 2.05) is 58.0 Å². The minimum atomic E-state index is -0.696. The van der Waals surface area contributed by atoms with Crippen molar-refractivity contribution in [3.63, 3.8) is 0 Å². The molecular weight excluding hydrogens is 406 g/mol. The molecule has 170 valence electrons. The van der Waals surface area contributed by atoms with Crippen LogP contribution < -0.4 is 4.74 Å². The normalized spacial score (nSPS) is 18.3. The lowest BCUT2D eigenvalue weighted by Gasteiger charge is -2.26. The molecule has 3 rings (SSSR count). The van der Waals surface area contributed by atoms with Crippen molar-refractivity contribution in [2.75, 3.05) is 27.4 Å². The summed E-state index contributed by atoms with van der Waals surface area (Å²) in [5, 5.41) is 11.3. The van der Waals surface area contributed by atoms with Crippen LogP contribution in [0.5, 0.6) is 5.75 Å². The molecule has 1 aliphatic heterocycles. The minimum absolute atomic E-state index is 0.0849. The number of likely N-dealkylation sites (tertiary alicyclic amines) is 1. The first kappa shape index (κ1) is 23.5. The summed E-state index contributed by atoms with van der Waals surface area (Å²) in [6.07, 6.45) is 0. The molecule has 6 heteroatoms. The highest BCUT2D eigenvalue weighted by molar-refractivity contribution is 6.46. The van der Waals surface area contributed by atoms with Crippen LogP contribution in [-0.4, -0.2) is 49.1 Å². The predicted molar refractivity (Wildman–Crippen MR) is 124 cm³/mol. The summed E-state index contributed by atoms with van der Waals surface area (Å²) in [5.74, 6) is -0.828. The fourth-order valence-corrected chi connectivity index (χ4v) is 4.08. The van der Waals surface area contributed by atoms with Crippen molar-refractivity contribution in [2.45, 2.75) is 39.2 Å². The predicted octanol–water partition coefficient (Wildman–Crippen LogP) is 4.37. The van der Waals surface area contributed by atoms with E-state index in [9.17, 15) is 14.7 Å². The Morgan fingerprint density at radius 2 is 1.81 bits per heavy atom. The molecule has 1 unspecified atom stereocenters. The van der Waals surface area contributed by atoms with Gasteiger partial charge in [0.25, 0.3) is 11.7 Å². The van der Waals surface area contributed by atoms with E-state index in [0.29, 0.717) is 11.3 Å². The number of methoxy groups -OCH3 is 2. The lowest BCUT2D eigenvalue weighted by Crippen LogP contribution is -2.32. The number of hydrogen-bond donors (Lipinski definition) is 1. The van der Waals surface area contributed by atoms with Gasteiger partial charge in [-0.3, -0.25) is 9.59 Å². The lowest BCUT2D eigenvalue weighted by molar-refractivity contribution is -0.140. The summed E-state index contributed by atoms with van der Waals surface area (Å²) in [4.78, 5) is 27.5. The van der Waals surface area contributed by atoms with E-state index in [1.54, 1.807) is 26.4 Å². The van der Waals surface area contributed by atoms with Gasteiger partial charge in [-0.2, -0.15) is 0 Å². The summed E-state index contributed by atoms with van der Waals surface area (Å²) in [5.41, 5.74) is 2.97. The van der Waals surface area contributed by atoms with Crippen LogP contribution >= 0.6 is 0 Å². The number of benzene rings is 2. The van der Waals surface area contributed by atoms with Gasteiger partial charge in [-0.25, -0.2) is 0 Å². The molecule has 0 aromatic heterocycles. The van der Waals surface area contributed by atoms with Crippen molar-refractivity contribution in [1.82, 2.24) is 4.90 Å². The Balaban J connectivity index is 2.22. The molecule has 1 atom stereocenters. The van der Waals surface area contributed by atoms with Gasteiger partial charge in [0.05, 0.1) is 25.3 Å². The maximum absolute atomic E-state index is 13.1. The van der Waals surface area contributed by atoms with Gasteiger partial charge in [-0.15, -0.1) is 0 Å². The fourth-order valence-electron chi connectivity index (χ4n) is 4.08. The molecule has 0 saturated carbocycles. The van der Waals surface area contributed by atoms with Gasteiger partial charge >= 0.3 is 0 Å². The number of rotatable bonds is 6. The van der Waals surface area contributed by atoms with Gasteiger partial charge in [-0.05, 0) is 36.1 Å². The minimum Gasteiger partial charge on any atom is -0.507 e. The van der Waals surface area contributed by atoms with E-state index < -0.39 is 17.7 Å². The van der Waals surface area contributed by atoms with Crippen LogP contribution in [0.3, 0.4) is 0 Å². The molecule has 1 saturated heterocycles. The van der Waals surface area contributed by atoms with Crippen LogP contribution in [0.2, 0.25) is 0 Å². The van der Waals surface area contributed by atoms with Gasteiger partial charge in [0.15, 0.2) is 0 Å². The summed E-state index contributed by atoms with van der Waals surface area (Å²) in [7, 11) is 3.15. The number of carbonyl (C=O) groups is 2. The average molecular weight is 438 g/mol. The van der Waals surface area contributed by atoms with E-state index >= 15 is 0 Å². The second-order valence-corrected chi connectivity index (χ2v) is 9.06. The Morgan fingerprint density at radius 1 is 1.09 bits per heavy atom. The quantitative estimate of drug-likeness (QED) is 0.413. The summed E-state index contributed by atoms with van der Waals surface area (Å²) in [6.45, 7) is 8.61. The summed E-state index contributed by atoms with van der Waals surface area (Å²) in [6, 6.07) is 12.2. The molecule has 1 heterocycles. The standard InChI is InChI=1S/C26H31NO5/c1-16-8-7-9-17(14-16)22-21(24(29)25(30)27(22)12-13-31-5)23(28)18-10-11-20(32-6)19(15-18)26(2,3)4/h7-11,14-15,22,28H,12-13H2,1-6H3/b23-21-. The number of nitrogens with zero attached hydrogens (tertiary/aromatic N) is 1. The zero-order valence-corrected chi connectivity index (χ0v) is 19.6. The zero-order chi connectivity index (χ0) is 23.6. The summed E-state index contributed by atoms with van der Waals surface area (Å²) < 4.78 is 10.7. The number of aryl methyl sites for hydroxylation is 1. The number of ketones is 1. The van der Waals surface area contributed by atoms with Gasteiger partial charge in [0.1, 0.15) is 11.5 Å². The third kappa shape index (κ3) is 4.41. The molecule has 0 bridgehead atoms. The van der Waals surface area contributed by atoms with Crippen molar-refractivity contribution in [3.8, 4) is 5.75 Å². The second kappa shape index (κ2) is 9.17. The molecule has 0 spiro atoms. The van der Waals surface area contributed by atoms with Crippen molar-refractivity contribution in [1.29, 1.82) is 0 Å². The van der Waals surface area contributed by atoms with Gasteiger partial charge < -0.3 is 19.5 Å². The molecule has 0 aliphatic carbocycles. The third-order valence-corrected chi connectivity index (χ3v) is 5.72. The molecule has 1 aliphatic rings. The molecule has 0 radical (unpaired) electrons. The van der Waals surface area contributed by atoms with E-state index in [2.05, 4.69) is 0 Å². The maximum Gasteiger partial charge on any atom is 0.295 e. The number of Topliss-reactive ketones (excluding diaryl/α,β-unsaturated/α-hetero) is 1. The van der Waals surface area contributed by atoms with E-state index in [4.69, 9.17) is 9.47 Å². The van der Waals surface area contributed by atoms with Crippen LogP contribution in [0.15, 0.2) is 48.0 Å².